The first-order chi connectivity index (χ1) is 12.6. The highest BCUT2D eigenvalue weighted by molar-refractivity contribution is 14.0. The van der Waals surface area contributed by atoms with Crippen molar-refractivity contribution in [3.63, 3.8) is 0 Å². The molecule has 0 aromatic heterocycles. The molecule has 6 nitrogen and oxygen atoms in total. The lowest BCUT2D eigenvalue weighted by atomic mass is 9.95. The molecule has 1 aliphatic rings. The van der Waals surface area contributed by atoms with Gasteiger partial charge in [0.05, 0.1) is 13.1 Å². The van der Waals surface area contributed by atoms with Gasteiger partial charge in [0, 0.05) is 13.1 Å². The first-order valence-corrected chi connectivity index (χ1v) is 9.23. The number of guanidine groups is 1. The van der Waals surface area contributed by atoms with E-state index in [0.717, 1.165) is 12.8 Å². The van der Waals surface area contributed by atoms with Crippen molar-refractivity contribution in [2.75, 3.05) is 20.1 Å². The number of nitrogens with zero attached hydrogens (tertiary/aromatic N) is 1. The molecule has 3 N–H and O–H groups in total. The Balaban J connectivity index is 0.00000364. The van der Waals surface area contributed by atoms with Crippen LogP contribution in [0.5, 0.6) is 5.75 Å². The Morgan fingerprint density at radius 3 is 2.63 bits per heavy atom. The average molecular weight is 492 g/mol. The van der Waals surface area contributed by atoms with E-state index >= 15 is 0 Å². The lowest BCUT2D eigenvalue weighted by Gasteiger charge is -2.23. The third-order valence-electron chi connectivity index (χ3n) is 4.33. The van der Waals surface area contributed by atoms with Gasteiger partial charge in [-0.05, 0) is 31.9 Å². The van der Waals surface area contributed by atoms with Gasteiger partial charge >= 0.3 is 0 Å². The predicted octanol–water partition coefficient (Wildman–Crippen LogP) is 2.82. The quantitative estimate of drug-likeness (QED) is 0.311. The molecule has 0 bridgehead atoms. The maximum atomic E-state index is 13.6. The van der Waals surface area contributed by atoms with E-state index in [9.17, 15) is 9.18 Å². The summed E-state index contributed by atoms with van der Waals surface area (Å²) < 4.78 is 19.2. The van der Waals surface area contributed by atoms with Crippen molar-refractivity contribution in [3.8, 4) is 5.75 Å². The molecule has 1 aromatic rings. The van der Waals surface area contributed by atoms with Crippen LogP contribution in [-0.4, -0.2) is 44.1 Å². The summed E-state index contributed by atoms with van der Waals surface area (Å²) in [6.45, 7) is 2.43. The zero-order chi connectivity index (χ0) is 18.8. The number of halogens is 2. The van der Waals surface area contributed by atoms with E-state index in [-0.39, 0.29) is 54.1 Å². The van der Waals surface area contributed by atoms with E-state index in [2.05, 4.69) is 20.9 Å². The molecule has 0 spiro atoms. The molecule has 0 radical (unpaired) electrons. The minimum Gasteiger partial charge on any atom is -0.486 e. The molecule has 27 heavy (non-hydrogen) atoms. The minimum atomic E-state index is -0.388. The van der Waals surface area contributed by atoms with Crippen LogP contribution in [0.1, 0.15) is 39.0 Å². The van der Waals surface area contributed by atoms with Gasteiger partial charge in [0.1, 0.15) is 6.10 Å². The third kappa shape index (κ3) is 8.77. The number of nitrogens with one attached hydrogen (secondary N) is 3. The molecule has 1 unspecified atom stereocenters. The van der Waals surface area contributed by atoms with Crippen LogP contribution in [0.3, 0.4) is 0 Å². The predicted molar refractivity (Wildman–Crippen MR) is 116 cm³/mol. The van der Waals surface area contributed by atoms with Gasteiger partial charge in [-0.2, -0.15) is 0 Å². The van der Waals surface area contributed by atoms with Crippen LogP contribution in [0.2, 0.25) is 0 Å². The summed E-state index contributed by atoms with van der Waals surface area (Å²) >= 11 is 0. The molecular formula is C19H30FIN4O2. The number of aliphatic imine (C=N–C) groups is 1. The smallest absolute Gasteiger partial charge is 0.239 e. The first-order valence-electron chi connectivity index (χ1n) is 9.23. The van der Waals surface area contributed by atoms with Gasteiger partial charge in [-0.15, -0.1) is 24.0 Å². The Kier molecular flexibility index (Phi) is 11.1. The SMILES string of the molecule is CN=C(NCC(=O)NC1CCCCC1)NCC(C)Oc1ccccc1F.I. The average Bonchev–Trinajstić information content (AvgIpc) is 2.64. The lowest BCUT2D eigenvalue weighted by molar-refractivity contribution is -0.120. The fourth-order valence-corrected chi connectivity index (χ4v) is 2.95. The monoisotopic (exact) mass is 492 g/mol. The van der Waals surface area contributed by atoms with E-state index in [0.29, 0.717) is 18.5 Å². The molecule has 0 saturated heterocycles. The molecule has 152 valence electrons. The number of ether oxygens (including phenoxy) is 1. The van der Waals surface area contributed by atoms with Crippen molar-refractivity contribution in [3.05, 3.63) is 30.1 Å². The molecule has 1 aromatic carbocycles. The fourth-order valence-electron chi connectivity index (χ4n) is 2.95. The molecule has 0 heterocycles. The summed E-state index contributed by atoms with van der Waals surface area (Å²) in [4.78, 5) is 16.1. The standard InChI is InChI=1S/C19H29FN4O2.HI/c1-14(26-17-11-7-6-10-16(17)20)12-22-19(21-2)23-13-18(25)24-15-8-4-3-5-9-15;/h6-7,10-11,14-15H,3-5,8-9,12-13H2,1-2H3,(H,24,25)(H2,21,22,23);1H. The van der Waals surface area contributed by atoms with Gasteiger partial charge in [0.25, 0.3) is 0 Å². The summed E-state index contributed by atoms with van der Waals surface area (Å²) in [6.07, 6.45) is 5.48. The van der Waals surface area contributed by atoms with Crippen molar-refractivity contribution in [2.24, 2.45) is 4.99 Å². The Hall–Kier alpha value is -1.58. The summed E-state index contributed by atoms with van der Waals surface area (Å²) in [6, 6.07) is 6.59. The van der Waals surface area contributed by atoms with E-state index in [4.69, 9.17) is 4.74 Å². The van der Waals surface area contributed by atoms with Gasteiger partial charge in [-0.25, -0.2) is 4.39 Å². The van der Waals surface area contributed by atoms with Crippen molar-refractivity contribution in [1.29, 1.82) is 0 Å². The highest BCUT2D eigenvalue weighted by Gasteiger charge is 2.16. The second-order valence-corrected chi connectivity index (χ2v) is 6.57. The highest BCUT2D eigenvalue weighted by atomic mass is 127. The van der Waals surface area contributed by atoms with Crippen LogP contribution in [0, 0.1) is 5.82 Å². The van der Waals surface area contributed by atoms with E-state index in [1.54, 1.807) is 25.2 Å². The Morgan fingerprint density at radius 2 is 1.96 bits per heavy atom. The van der Waals surface area contributed by atoms with Crippen LogP contribution in [-0.2, 0) is 4.79 Å². The molecule has 1 amide bonds. The van der Waals surface area contributed by atoms with Crippen LogP contribution < -0.4 is 20.7 Å². The van der Waals surface area contributed by atoms with Crippen LogP contribution in [0.25, 0.3) is 0 Å². The van der Waals surface area contributed by atoms with Crippen LogP contribution >= 0.6 is 24.0 Å². The van der Waals surface area contributed by atoms with Crippen LogP contribution in [0.15, 0.2) is 29.3 Å². The van der Waals surface area contributed by atoms with E-state index in [1.165, 1.54) is 25.3 Å². The largest absolute Gasteiger partial charge is 0.486 e. The number of carbonyl (C=O) groups excluding carboxylic acids is 1. The third-order valence-corrected chi connectivity index (χ3v) is 4.33. The fraction of sp³-hybridized carbons (Fsp3) is 0.579. The molecule has 1 aliphatic carbocycles. The van der Waals surface area contributed by atoms with Crippen molar-refractivity contribution < 1.29 is 13.9 Å². The molecular weight excluding hydrogens is 462 g/mol. The molecule has 2 rings (SSSR count). The number of amides is 1. The van der Waals surface area contributed by atoms with Gasteiger partial charge in [0.15, 0.2) is 17.5 Å². The Bertz CT molecular complexity index is 609. The molecule has 0 aliphatic heterocycles. The van der Waals surface area contributed by atoms with Crippen molar-refractivity contribution in [2.45, 2.75) is 51.2 Å². The molecule has 8 heteroatoms. The number of hydrogen-bond donors (Lipinski definition) is 3. The number of hydrogen-bond acceptors (Lipinski definition) is 3. The summed E-state index contributed by atoms with van der Waals surface area (Å²) in [5, 5.41) is 9.12. The van der Waals surface area contributed by atoms with E-state index in [1.807, 2.05) is 6.92 Å². The zero-order valence-electron chi connectivity index (χ0n) is 16.0. The molecule has 1 fully saturated rings. The Morgan fingerprint density at radius 1 is 1.26 bits per heavy atom. The highest BCUT2D eigenvalue weighted by Crippen LogP contribution is 2.17. The summed E-state index contributed by atoms with van der Waals surface area (Å²) in [7, 11) is 1.64. The Labute approximate surface area is 177 Å². The van der Waals surface area contributed by atoms with Gasteiger partial charge in [0.2, 0.25) is 5.91 Å². The number of benzene rings is 1. The van der Waals surface area contributed by atoms with Gasteiger partial charge in [-0.1, -0.05) is 31.4 Å². The van der Waals surface area contributed by atoms with Gasteiger partial charge < -0.3 is 20.7 Å². The second kappa shape index (κ2) is 12.7. The van der Waals surface area contributed by atoms with Crippen LogP contribution in [0.4, 0.5) is 4.39 Å². The minimum absolute atomic E-state index is 0. The lowest BCUT2D eigenvalue weighted by Crippen LogP contribution is -2.47. The van der Waals surface area contributed by atoms with Crippen molar-refractivity contribution in [1.82, 2.24) is 16.0 Å². The van der Waals surface area contributed by atoms with E-state index < -0.39 is 0 Å². The van der Waals surface area contributed by atoms with Gasteiger partial charge in [-0.3, -0.25) is 9.79 Å². The number of rotatable bonds is 7. The van der Waals surface area contributed by atoms with Crippen molar-refractivity contribution >= 4 is 35.8 Å². The maximum Gasteiger partial charge on any atom is 0.239 e. The summed E-state index contributed by atoms with van der Waals surface area (Å²) in [5.74, 6) is 0.307. The number of para-hydroxylation sites is 1. The normalized spacial score (nSPS) is 16.0. The molecule has 1 atom stereocenters. The summed E-state index contributed by atoms with van der Waals surface area (Å²) in [5.41, 5.74) is 0. The first kappa shape index (κ1) is 23.5. The molecule has 1 saturated carbocycles. The second-order valence-electron chi connectivity index (χ2n) is 6.57. The zero-order valence-corrected chi connectivity index (χ0v) is 18.3. The number of carbonyl (C=O) groups is 1. The topological polar surface area (TPSA) is 74.8 Å². The maximum absolute atomic E-state index is 13.6.